The molecule has 1 aliphatic rings. The van der Waals surface area contributed by atoms with Crippen LogP contribution in [-0.4, -0.2) is 37.0 Å². The molecule has 0 saturated carbocycles. The number of hydrogen-bond donors (Lipinski definition) is 1. The van der Waals surface area contributed by atoms with E-state index in [4.69, 9.17) is 4.74 Å². The first kappa shape index (κ1) is 16.3. The van der Waals surface area contributed by atoms with Crippen molar-refractivity contribution < 1.29 is 9.53 Å². The number of carbonyl (C=O) groups is 1. The molecule has 1 N–H and O–H groups in total. The van der Waals surface area contributed by atoms with Crippen molar-refractivity contribution in [2.24, 2.45) is 0 Å². The third kappa shape index (κ3) is 3.98. The number of halogens is 1. The van der Waals surface area contributed by atoms with E-state index >= 15 is 0 Å². The lowest BCUT2D eigenvalue weighted by Gasteiger charge is -2.23. The molecule has 2 atom stereocenters. The molecule has 1 aliphatic heterocycles. The van der Waals surface area contributed by atoms with Gasteiger partial charge >= 0.3 is 0 Å². The minimum absolute atomic E-state index is 0.0792. The number of benzene rings is 1. The van der Waals surface area contributed by atoms with Crippen molar-refractivity contribution in [1.82, 2.24) is 10.2 Å². The van der Waals surface area contributed by atoms with Crippen molar-refractivity contribution in [2.45, 2.75) is 38.8 Å². The van der Waals surface area contributed by atoms with Crippen molar-refractivity contribution >= 4 is 21.8 Å². The smallest absolute Gasteiger partial charge is 0.263 e. The number of ether oxygens (including phenoxy) is 1. The summed E-state index contributed by atoms with van der Waals surface area (Å²) in [6.45, 7) is 5.61. The number of likely N-dealkylation sites (tertiary alicyclic amines) is 1. The van der Waals surface area contributed by atoms with Crippen LogP contribution in [0.5, 0.6) is 5.75 Å². The number of carbonyl (C=O) groups excluding carboxylic acids is 1. The number of nitrogens with zero attached hydrogens (tertiary/aromatic N) is 1. The topological polar surface area (TPSA) is 41.6 Å². The fourth-order valence-electron chi connectivity index (χ4n) is 2.56. The highest BCUT2D eigenvalue weighted by Crippen LogP contribution is 2.29. The Hall–Kier alpha value is -1.07. The molecule has 2 rings (SSSR count). The number of amides is 1. The molecule has 4 nitrogen and oxygen atoms in total. The van der Waals surface area contributed by atoms with Crippen LogP contribution in [0.25, 0.3) is 0 Å². The molecule has 1 amide bonds. The molecule has 0 aliphatic carbocycles. The van der Waals surface area contributed by atoms with Crippen LogP contribution in [0.3, 0.4) is 0 Å². The molecule has 0 radical (unpaired) electrons. The van der Waals surface area contributed by atoms with E-state index in [-0.39, 0.29) is 11.9 Å². The van der Waals surface area contributed by atoms with E-state index in [1.165, 1.54) is 0 Å². The van der Waals surface area contributed by atoms with Gasteiger partial charge in [0.2, 0.25) is 0 Å². The highest BCUT2D eigenvalue weighted by molar-refractivity contribution is 9.10. The molecule has 0 spiro atoms. The standard InChI is InChI=1S/C16H23BrN2O2/c1-11(18-3)14-7-6-13(17)10-15(14)21-12(2)16(20)19-8-4-5-9-19/h6-7,10-12,18H,4-5,8-9H2,1-3H3. The van der Waals surface area contributed by atoms with Crippen LogP contribution in [0.4, 0.5) is 0 Å². The summed E-state index contributed by atoms with van der Waals surface area (Å²) in [5.41, 5.74) is 1.06. The van der Waals surface area contributed by atoms with E-state index in [0.29, 0.717) is 0 Å². The second kappa shape index (κ2) is 7.27. The van der Waals surface area contributed by atoms with Gasteiger partial charge in [0.15, 0.2) is 6.10 Å². The summed E-state index contributed by atoms with van der Waals surface area (Å²) < 4.78 is 6.91. The first-order valence-corrected chi connectivity index (χ1v) is 8.24. The molecule has 2 unspecified atom stereocenters. The molecule has 1 aromatic carbocycles. The molecule has 1 fully saturated rings. The van der Waals surface area contributed by atoms with Gasteiger partial charge in [-0.3, -0.25) is 4.79 Å². The Balaban J connectivity index is 2.13. The van der Waals surface area contributed by atoms with Gasteiger partial charge in [-0.15, -0.1) is 0 Å². The summed E-state index contributed by atoms with van der Waals surface area (Å²) in [6.07, 6.45) is 1.73. The number of rotatable bonds is 5. The van der Waals surface area contributed by atoms with Crippen LogP contribution in [-0.2, 0) is 4.79 Å². The molecule has 0 bridgehead atoms. The van der Waals surface area contributed by atoms with Gasteiger partial charge in [0.1, 0.15) is 5.75 Å². The molecule has 1 saturated heterocycles. The molecule has 21 heavy (non-hydrogen) atoms. The van der Waals surface area contributed by atoms with Gasteiger partial charge in [-0.1, -0.05) is 22.0 Å². The lowest BCUT2D eigenvalue weighted by molar-refractivity contribution is -0.136. The predicted octanol–water partition coefficient (Wildman–Crippen LogP) is 3.12. The normalized spacial score (nSPS) is 17.6. The van der Waals surface area contributed by atoms with Gasteiger partial charge in [0, 0.05) is 29.2 Å². The van der Waals surface area contributed by atoms with E-state index in [9.17, 15) is 4.79 Å². The van der Waals surface area contributed by atoms with Crippen LogP contribution in [0.2, 0.25) is 0 Å². The van der Waals surface area contributed by atoms with E-state index in [1.54, 1.807) is 0 Å². The van der Waals surface area contributed by atoms with E-state index < -0.39 is 6.10 Å². The number of hydrogen-bond acceptors (Lipinski definition) is 3. The zero-order valence-corrected chi connectivity index (χ0v) is 14.4. The van der Waals surface area contributed by atoms with Gasteiger partial charge in [-0.2, -0.15) is 0 Å². The zero-order valence-electron chi connectivity index (χ0n) is 12.9. The van der Waals surface area contributed by atoms with E-state index in [0.717, 1.165) is 41.7 Å². The third-order valence-electron chi connectivity index (χ3n) is 3.94. The Labute approximate surface area is 135 Å². The van der Waals surface area contributed by atoms with Crippen LogP contribution < -0.4 is 10.1 Å². The van der Waals surface area contributed by atoms with Crippen molar-refractivity contribution in [1.29, 1.82) is 0 Å². The summed E-state index contributed by atoms with van der Waals surface area (Å²) in [6, 6.07) is 6.11. The van der Waals surface area contributed by atoms with Crippen molar-refractivity contribution in [3.63, 3.8) is 0 Å². The molecular weight excluding hydrogens is 332 g/mol. The monoisotopic (exact) mass is 354 g/mol. The summed E-state index contributed by atoms with van der Waals surface area (Å²) in [5, 5.41) is 3.21. The van der Waals surface area contributed by atoms with Crippen LogP contribution in [0.15, 0.2) is 22.7 Å². The average molecular weight is 355 g/mol. The second-order valence-electron chi connectivity index (χ2n) is 5.48. The lowest BCUT2D eigenvalue weighted by Crippen LogP contribution is -2.38. The van der Waals surface area contributed by atoms with Crippen LogP contribution >= 0.6 is 15.9 Å². The maximum Gasteiger partial charge on any atom is 0.263 e. The summed E-state index contributed by atoms with van der Waals surface area (Å²) in [4.78, 5) is 14.3. The summed E-state index contributed by atoms with van der Waals surface area (Å²) >= 11 is 3.46. The maximum absolute atomic E-state index is 12.4. The highest BCUT2D eigenvalue weighted by Gasteiger charge is 2.25. The Kier molecular flexibility index (Phi) is 5.65. The molecule has 116 valence electrons. The van der Waals surface area contributed by atoms with Crippen LogP contribution in [0.1, 0.15) is 38.3 Å². The Bertz CT molecular complexity index is 501. The van der Waals surface area contributed by atoms with Crippen molar-refractivity contribution in [3.05, 3.63) is 28.2 Å². The molecular formula is C16H23BrN2O2. The maximum atomic E-state index is 12.4. The zero-order chi connectivity index (χ0) is 15.4. The Morgan fingerprint density at radius 2 is 2.00 bits per heavy atom. The summed E-state index contributed by atoms with van der Waals surface area (Å²) in [7, 11) is 1.91. The molecule has 5 heteroatoms. The Morgan fingerprint density at radius 3 is 2.62 bits per heavy atom. The summed E-state index contributed by atoms with van der Waals surface area (Å²) in [5.74, 6) is 0.835. The lowest BCUT2D eigenvalue weighted by atomic mass is 10.1. The van der Waals surface area contributed by atoms with E-state index in [2.05, 4.69) is 28.2 Å². The minimum Gasteiger partial charge on any atom is -0.481 e. The quantitative estimate of drug-likeness (QED) is 0.883. The minimum atomic E-state index is -0.458. The SMILES string of the molecule is CNC(C)c1ccc(Br)cc1OC(C)C(=O)N1CCCC1. The van der Waals surface area contributed by atoms with E-state index in [1.807, 2.05) is 37.1 Å². The number of nitrogens with one attached hydrogen (secondary N) is 1. The second-order valence-corrected chi connectivity index (χ2v) is 6.40. The van der Waals surface area contributed by atoms with Gasteiger partial charge in [0.05, 0.1) is 0 Å². The molecule has 1 heterocycles. The van der Waals surface area contributed by atoms with Crippen LogP contribution in [0, 0.1) is 0 Å². The molecule has 1 aromatic rings. The first-order chi connectivity index (χ1) is 10.0. The first-order valence-electron chi connectivity index (χ1n) is 7.45. The van der Waals surface area contributed by atoms with Gasteiger partial charge in [0.25, 0.3) is 5.91 Å². The fraction of sp³-hybridized carbons (Fsp3) is 0.562. The van der Waals surface area contributed by atoms with Crippen molar-refractivity contribution in [2.75, 3.05) is 20.1 Å². The van der Waals surface area contributed by atoms with Gasteiger partial charge in [-0.25, -0.2) is 0 Å². The molecule has 0 aromatic heterocycles. The van der Waals surface area contributed by atoms with Gasteiger partial charge in [-0.05, 0) is 45.9 Å². The van der Waals surface area contributed by atoms with Crippen molar-refractivity contribution in [3.8, 4) is 5.75 Å². The third-order valence-corrected chi connectivity index (χ3v) is 4.44. The average Bonchev–Trinajstić information content (AvgIpc) is 3.00. The largest absolute Gasteiger partial charge is 0.481 e. The van der Waals surface area contributed by atoms with Gasteiger partial charge < -0.3 is 15.0 Å². The predicted molar refractivity (Wildman–Crippen MR) is 87.5 cm³/mol. The highest BCUT2D eigenvalue weighted by atomic mass is 79.9. The Morgan fingerprint density at radius 1 is 1.33 bits per heavy atom. The fourth-order valence-corrected chi connectivity index (χ4v) is 2.90.